The molecule has 2 fully saturated rings. The summed E-state index contributed by atoms with van der Waals surface area (Å²) in [6.07, 6.45) is 4.12. The van der Waals surface area contributed by atoms with E-state index in [1.807, 2.05) is 0 Å². The van der Waals surface area contributed by atoms with Gasteiger partial charge in [-0.3, -0.25) is 0 Å². The van der Waals surface area contributed by atoms with Crippen molar-refractivity contribution in [1.82, 2.24) is 8.61 Å². The van der Waals surface area contributed by atoms with Crippen molar-refractivity contribution in [2.24, 2.45) is 0 Å². The van der Waals surface area contributed by atoms with Crippen LogP contribution in [-0.4, -0.2) is 56.9 Å². The molecule has 1 atom stereocenters. The Bertz CT molecular complexity index is 777. The molecule has 2 heterocycles. The molecule has 0 aliphatic carbocycles. The van der Waals surface area contributed by atoms with Gasteiger partial charge in [0.05, 0.1) is 11.2 Å². The highest BCUT2D eigenvalue weighted by Crippen LogP contribution is 2.40. The topological polar surface area (TPSA) is 74.8 Å². The summed E-state index contributed by atoms with van der Waals surface area (Å²) in [5, 5.41) is 0. The molecule has 1 aromatic carbocycles. The minimum atomic E-state index is -3.58. The zero-order chi connectivity index (χ0) is 16.7. The van der Waals surface area contributed by atoms with E-state index in [-0.39, 0.29) is 11.4 Å². The molecule has 128 valence electrons. The van der Waals surface area contributed by atoms with Crippen molar-refractivity contribution >= 4 is 20.0 Å². The molecule has 8 heteroatoms. The van der Waals surface area contributed by atoms with E-state index in [2.05, 4.69) is 0 Å². The van der Waals surface area contributed by atoms with Crippen LogP contribution in [0.3, 0.4) is 0 Å². The first-order valence-electron chi connectivity index (χ1n) is 7.79. The number of benzene rings is 1. The molecule has 2 saturated heterocycles. The third-order valence-electron chi connectivity index (χ3n) is 4.83. The van der Waals surface area contributed by atoms with E-state index >= 15 is 0 Å². The fourth-order valence-corrected chi connectivity index (χ4v) is 6.84. The Hall–Kier alpha value is -0.960. The summed E-state index contributed by atoms with van der Waals surface area (Å²) in [6.45, 7) is 1.17. The van der Waals surface area contributed by atoms with Crippen molar-refractivity contribution in [3.63, 3.8) is 0 Å². The average Bonchev–Trinajstić information content (AvgIpc) is 2.91. The summed E-state index contributed by atoms with van der Waals surface area (Å²) in [5.41, 5.74) is -0.576. The van der Waals surface area contributed by atoms with Gasteiger partial charge in [-0.25, -0.2) is 16.8 Å². The largest absolute Gasteiger partial charge is 0.243 e. The highest BCUT2D eigenvalue weighted by atomic mass is 32.2. The lowest BCUT2D eigenvalue weighted by Gasteiger charge is -2.44. The maximum absolute atomic E-state index is 12.8. The van der Waals surface area contributed by atoms with E-state index in [4.69, 9.17) is 0 Å². The van der Waals surface area contributed by atoms with E-state index < -0.39 is 25.6 Å². The summed E-state index contributed by atoms with van der Waals surface area (Å²) in [5.74, 6) is 0. The molecule has 1 unspecified atom stereocenters. The highest BCUT2D eigenvalue weighted by molar-refractivity contribution is 7.89. The van der Waals surface area contributed by atoms with Gasteiger partial charge in [0.15, 0.2) is 0 Å². The fourth-order valence-electron chi connectivity index (χ4n) is 3.86. The Labute approximate surface area is 138 Å². The predicted molar refractivity (Wildman–Crippen MR) is 87.9 cm³/mol. The van der Waals surface area contributed by atoms with E-state index in [1.165, 1.54) is 14.9 Å². The number of rotatable bonds is 3. The molecule has 2 aliphatic rings. The molecule has 23 heavy (non-hydrogen) atoms. The van der Waals surface area contributed by atoms with Crippen LogP contribution < -0.4 is 0 Å². The van der Waals surface area contributed by atoms with Gasteiger partial charge in [-0.15, -0.1) is 0 Å². The van der Waals surface area contributed by atoms with Crippen molar-refractivity contribution in [1.29, 1.82) is 0 Å². The van der Waals surface area contributed by atoms with Gasteiger partial charge in [-0.2, -0.15) is 8.61 Å². The molecule has 0 amide bonds. The predicted octanol–water partition coefficient (Wildman–Crippen LogP) is 1.27. The first-order valence-corrected chi connectivity index (χ1v) is 11.1. The van der Waals surface area contributed by atoms with Crippen LogP contribution in [0.2, 0.25) is 0 Å². The first-order chi connectivity index (χ1) is 10.8. The molecule has 3 rings (SSSR count). The molecule has 0 aromatic heterocycles. The van der Waals surface area contributed by atoms with E-state index in [0.717, 1.165) is 19.3 Å². The van der Waals surface area contributed by atoms with Crippen molar-refractivity contribution in [2.75, 3.05) is 25.9 Å². The summed E-state index contributed by atoms with van der Waals surface area (Å²) < 4.78 is 52.8. The third kappa shape index (κ3) is 3.05. The molecular weight excluding hydrogens is 336 g/mol. The Morgan fingerprint density at radius 3 is 2.17 bits per heavy atom. The van der Waals surface area contributed by atoms with Crippen LogP contribution in [0.5, 0.6) is 0 Å². The van der Waals surface area contributed by atoms with E-state index in [1.54, 1.807) is 30.3 Å². The van der Waals surface area contributed by atoms with Gasteiger partial charge in [-0.05, 0) is 37.8 Å². The zero-order valence-corrected chi connectivity index (χ0v) is 14.8. The summed E-state index contributed by atoms with van der Waals surface area (Å²) in [7, 11) is -6.91. The van der Waals surface area contributed by atoms with Gasteiger partial charge in [0.25, 0.3) is 0 Å². The number of piperidine rings is 1. The molecule has 0 bridgehead atoms. The van der Waals surface area contributed by atoms with Crippen LogP contribution in [0, 0.1) is 0 Å². The van der Waals surface area contributed by atoms with Gasteiger partial charge < -0.3 is 0 Å². The average molecular weight is 358 g/mol. The van der Waals surface area contributed by atoms with Crippen LogP contribution in [0.4, 0.5) is 0 Å². The normalized spacial score (nSPS) is 27.5. The Balaban J connectivity index is 1.93. The highest BCUT2D eigenvalue weighted by Gasteiger charge is 2.49. The molecule has 1 spiro atoms. The maximum Gasteiger partial charge on any atom is 0.243 e. The Morgan fingerprint density at radius 1 is 0.957 bits per heavy atom. The lowest BCUT2D eigenvalue weighted by molar-refractivity contribution is 0.138. The molecule has 0 N–H and O–H groups in total. The van der Waals surface area contributed by atoms with Crippen LogP contribution >= 0.6 is 0 Å². The van der Waals surface area contributed by atoms with Gasteiger partial charge in [-0.1, -0.05) is 18.2 Å². The van der Waals surface area contributed by atoms with Crippen LogP contribution in [-0.2, 0) is 20.0 Å². The first kappa shape index (κ1) is 16.9. The molecule has 6 nitrogen and oxygen atoms in total. The maximum atomic E-state index is 12.8. The van der Waals surface area contributed by atoms with Crippen molar-refractivity contribution in [3.05, 3.63) is 30.3 Å². The van der Waals surface area contributed by atoms with Crippen molar-refractivity contribution < 1.29 is 16.8 Å². The summed E-state index contributed by atoms with van der Waals surface area (Å²) in [6, 6.07) is 8.34. The zero-order valence-electron chi connectivity index (χ0n) is 13.2. The Kier molecular flexibility index (Phi) is 4.29. The third-order valence-corrected chi connectivity index (χ3v) is 8.06. The van der Waals surface area contributed by atoms with Gasteiger partial charge in [0, 0.05) is 25.2 Å². The monoisotopic (exact) mass is 358 g/mol. The number of hydrogen-bond donors (Lipinski definition) is 0. The minimum absolute atomic E-state index is 0.247. The SMILES string of the molecule is CS(=O)(=O)N1CCCC12CCCN(S(=O)(=O)c1ccccc1)C2. The number of hydrogen-bond acceptors (Lipinski definition) is 4. The molecule has 0 radical (unpaired) electrons. The van der Waals surface area contributed by atoms with Crippen molar-refractivity contribution in [2.45, 2.75) is 36.1 Å². The van der Waals surface area contributed by atoms with E-state index in [9.17, 15) is 16.8 Å². The molecule has 1 aromatic rings. The quantitative estimate of drug-likeness (QED) is 0.815. The van der Waals surface area contributed by atoms with Crippen LogP contribution in [0.25, 0.3) is 0 Å². The summed E-state index contributed by atoms with van der Waals surface area (Å²) in [4.78, 5) is 0.265. The van der Waals surface area contributed by atoms with Crippen molar-refractivity contribution in [3.8, 4) is 0 Å². The standard InChI is InChI=1S/C15H22N2O4S2/c1-22(18,19)17-12-6-10-15(17)9-5-11-16(13-15)23(20,21)14-7-3-2-4-8-14/h2-4,7-8H,5-6,9-13H2,1H3. The molecule has 2 aliphatic heterocycles. The van der Waals surface area contributed by atoms with Gasteiger partial charge in [0.2, 0.25) is 20.0 Å². The second-order valence-corrected chi connectivity index (χ2v) is 10.3. The van der Waals surface area contributed by atoms with Gasteiger partial charge in [0.1, 0.15) is 0 Å². The smallest absolute Gasteiger partial charge is 0.212 e. The molecular formula is C15H22N2O4S2. The minimum Gasteiger partial charge on any atom is -0.212 e. The summed E-state index contributed by atoms with van der Waals surface area (Å²) >= 11 is 0. The van der Waals surface area contributed by atoms with Gasteiger partial charge >= 0.3 is 0 Å². The van der Waals surface area contributed by atoms with Crippen LogP contribution in [0.15, 0.2) is 35.2 Å². The Morgan fingerprint density at radius 2 is 1.57 bits per heavy atom. The fraction of sp³-hybridized carbons (Fsp3) is 0.600. The molecule has 0 saturated carbocycles. The lowest BCUT2D eigenvalue weighted by atomic mass is 9.89. The van der Waals surface area contributed by atoms with E-state index in [0.29, 0.717) is 19.5 Å². The van der Waals surface area contributed by atoms with Crippen LogP contribution in [0.1, 0.15) is 25.7 Å². The second-order valence-electron chi connectivity index (χ2n) is 6.42. The second kappa shape index (κ2) is 5.84. The lowest BCUT2D eigenvalue weighted by Crippen LogP contribution is -2.58. The number of sulfonamides is 2. The number of nitrogens with zero attached hydrogens (tertiary/aromatic N) is 2.